The second-order valence-corrected chi connectivity index (χ2v) is 5.08. The predicted molar refractivity (Wildman–Crippen MR) is 72.3 cm³/mol. The van der Waals surface area contributed by atoms with Crippen molar-refractivity contribution >= 4 is 29.3 Å². The van der Waals surface area contributed by atoms with Gasteiger partial charge in [-0.1, -0.05) is 0 Å². The van der Waals surface area contributed by atoms with E-state index in [0.29, 0.717) is 23.1 Å². The monoisotopic (exact) mass is 282 g/mol. The highest BCUT2D eigenvalue weighted by atomic mass is 32.2. The molecule has 0 saturated carbocycles. The number of hydrogen-bond acceptors (Lipinski definition) is 5. The van der Waals surface area contributed by atoms with Crippen LogP contribution < -0.4 is 10.5 Å². The minimum atomic E-state index is -1.00. The number of carbonyl (C=O) groups is 2. The summed E-state index contributed by atoms with van der Waals surface area (Å²) < 4.78 is 5.05. The first-order valence-electron chi connectivity index (χ1n) is 5.59. The molecule has 2 rings (SSSR count). The van der Waals surface area contributed by atoms with Crippen molar-refractivity contribution in [3.63, 3.8) is 0 Å². The van der Waals surface area contributed by atoms with Crippen molar-refractivity contribution in [3.8, 4) is 5.75 Å². The second kappa shape index (κ2) is 5.40. The fraction of sp³-hybridized carbons (Fsp3) is 0.333. The Balaban J connectivity index is 2.31. The molecule has 19 heavy (non-hydrogen) atoms. The molecule has 0 unspecified atom stereocenters. The Labute approximate surface area is 114 Å². The summed E-state index contributed by atoms with van der Waals surface area (Å²) in [5.74, 6) is -0.123. The fourth-order valence-corrected chi connectivity index (χ4v) is 2.99. The van der Waals surface area contributed by atoms with Crippen LogP contribution in [0.3, 0.4) is 0 Å². The van der Waals surface area contributed by atoms with Crippen LogP contribution in [0.1, 0.15) is 10.4 Å². The third kappa shape index (κ3) is 2.60. The molecule has 1 aromatic rings. The Hall–Kier alpha value is -1.89. The number of hydrogen-bond donors (Lipinski definition) is 2. The summed E-state index contributed by atoms with van der Waals surface area (Å²) in [7, 11) is 1.49. The van der Waals surface area contributed by atoms with Gasteiger partial charge in [0.05, 0.1) is 18.6 Å². The first-order chi connectivity index (χ1) is 9.04. The summed E-state index contributed by atoms with van der Waals surface area (Å²) in [5.41, 5.74) is 6.36. The van der Waals surface area contributed by atoms with Gasteiger partial charge in [-0.3, -0.25) is 4.79 Å². The number of carboxylic acid groups (broad SMARTS) is 1. The fourth-order valence-electron chi connectivity index (χ4n) is 1.85. The summed E-state index contributed by atoms with van der Waals surface area (Å²) in [4.78, 5) is 24.8. The van der Waals surface area contributed by atoms with Crippen LogP contribution in [0.25, 0.3) is 0 Å². The number of ether oxygens (including phenoxy) is 1. The maximum atomic E-state index is 12.4. The second-order valence-electron chi connectivity index (χ2n) is 4.08. The molecule has 6 nitrogen and oxygen atoms in total. The lowest BCUT2D eigenvalue weighted by atomic mass is 10.1. The van der Waals surface area contributed by atoms with E-state index in [9.17, 15) is 9.59 Å². The van der Waals surface area contributed by atoms with Gasteiger partial charge in [0, 0.05) is 11.4 Å². The molecule has 1 aliphatic heterocycles. The lowest BCUT2D eigenvalue weighted by molar-refractivity contribution is -0.140. The average molecular weight is 282 g/mol. The zero-order chi connectivity index (χ0) is 14.0. The lowest BCUT2D eigenvalue weighted by Crippen LogP contribution is -2.42. The molecule has 102 valence electrons. The number of anilines is 1. The quantitative estimate of drug-likeness (QED) is 0.799. The molecule has 7 heteroatoms. The van der Waals surface area contributed by atoms with Crippen molar-refractivity contribution in [1.82, 2.24) is 4.90 Å². The minimum absolute atomic E-state index is 0.271. The van der Waals surface area contributed by atoms with Crippen LogP contribution in [0, 0.1) is 0 Å². The molecule has 3 N–H and O–H groups in total. The van der Waals surface area contributed by atoms with E-state index >= 15 is 0 Å². The van der Waals surface area contributed by atoms with Gasteiger partial charge in [-0.2, -0.15) is 0 Å². The summed E-state index contributed by atoms with van der Waals surface area (Å²) in [6, 6.07) is 3.95. The topological polar surface area (TPSA) is 92.9 Å². The van der Waals surface area contributed by atoms with E-state index in [4.69, 9.17) is 15.6 Å². The molecule has 1 aromatic carbocycles. The number of aliphatic carboxylic acids is 1. The first kappa shape index (κ1) is 13.5. The SMILES string of the molecule is COc1ccc(N)c(C(=O)N2CSC[C@H]2C(=O)O)c1. The zero-order valence-corrected chi connectivity index (χ0v) is 11.1. The van der Waals surface area contributed by atoms with Crippen LogP contribution in [0.5, 0.6) is 5.75 Å². The molecule has 0 radical (unpaired) electrons. The van der Waals surface area contributed by atoms with Crippen LogP contribution >= 0.6 is 11.8 Å². The van der Waals surface area contributed by atoms with Gasteiger partial charge in [-0.05, 0) is 18.2 Å². The van der Waals surface area contributed by atoms with Crippen molar-refractivity contribution in [1.29, 1.82) is 0 Å². The summed E-state index contributed by atoms with van der Waals surface area (Å²) in [6.07, 6.45) is 0. The molecule has 1 amide bonds. The van der Waals surface area contributed by atoms with Crippen molar-refractivity contribution in [3.05, 3.63) is 23.8 Å². The molecule has 0 aliphatic carbocycles. The molecule has 1 atom stereocenters. The van der Waals surface area contributed by atoms with E-state index in [1.54, 1.807) is 12.1 Å². The summed E-state index contributed by atoms with van der Waals surface area (Å²) in [6.45, 7) is 0. The smallest absolute Gasteiger partial charge is 0.327 e. The third-order valence-corrected chi connectivity index (χ3v) is 3.93. The Kier molecular flexibility index (Phi) is 3.84. The van der Waals surface area contributed by atoms with Crippen molar-refractivity contribution < 1.29 is 19.4 Å². The van der Waals surface area contributed by atoms with Crippen LogP contribution in [0.4, 0.5) is 5.69 Å². The van der Waals surface area contributed by atoms with E-state index in [-0.39, 0.29) is 11.5 Å². The Morgan fingerprint density at radius 3 is 2.89 bits per heavy atom. The number of carboxylic acids is 1. The number of benzene rings is 1. The van der Waals surface area contributed by atoms with Gasteiger partial charge in [0.2, 0.25) is 0 Å². The van der Waals surface area contributed by atoms with Crippen LogP contribution in [-0.2, 0) is 4.79 Å². The Bertz CT molecular complexity index is 520. The molecule has 0 bridgehead atoms. The Morgan fingerprint density at radius 1 is 1.53 bits per heavy atom. The number of rotatable bonds is 3. The van der Waals surface area contributed by atoms with Crippen molar-refractivity contribution in [2.75, 3.05) is 24.5 Å². The van der Waals surface area contributed by atoms with Crippen molar-refractivity contribution in [2.24, 2.45) is 0 Å². The van der Waals surface area contributed by atoms with Gasteiger partial charge >= 0.3 is 5.97 Å². The Morgan fingerprint density at radius 2 is 2.26 bits per heavy atom. The van der Waals surface area contributed by atoms with E-state index < -0.39 is 12.0 Å². The third-order valence-electron chi connectivity index (χ3n) is 2.92. The molecular formula is C12H14N2O4S. The molecule has 0 spiro atoms. The zero-order valence-electron chi connectivity index (χ0n) is 10.3. The number of thioether (sulfide) groups is 1. The van der Waals surface area contributed by atoms with Crippen LogP contribution in [-0.4, -0.2) is 46.7 Å². The van der Waals surface area contributed by atoms with Crippen molar-refractivity contribution in [2.45, 2.75) is 6.04 Å². The standard InChI is InChI=1S/C12H14N2O4S/c1-18-7-2-3-9(13)8(4-7)11(15)14-6-19-5-10(14)12(16)17/h2-4,10H,5-6,13H2,1H3,(H,16,17)/t10-/m0/s1. The molecule has 1 saturated heterocycles. The van der Waals surface area contributed by atoms with Crippen LogP contribution in [0.15, 0.2) is 18.2 Å². The molecular weight excluding hydrogens is 268 g/mol. The van der Waals surface area contributed by atoms with E-state index in [1.165, 1.54) is 29.8 Å². The van der Waals surface area contributed by atoms with Gasteiger partial charge < -0.3 is 20.5 Å². The predicted octanol–water partition coefficient (Wildman–Crippen LogP) is 0.877. The number of methoxy groups -OCH3 is 1. The number of amides is 1. The number of nitrogen functional groups attached to an aromatic ring is 1. The summed E-state index contributed by atoms with van der Waals surface area (Å²) >= 11 is 1.41. The highest BCUT2D eigenvalue weighted by molar-refractivity contribution is 7.99. The van der Waals surface area contributed by atoms with Gasteiger partial charge in [-0.15, -0.1) is 11.8 Å². The van der Waals surface area contributed by atoms with Gasteiger partial charge in [0.1, 0.15) is 11.8 Å². The normalized spacial score (nSPS) is 18.4. The number of nitrogens with two attached hydrogens (primary N) is 1. The largest absolute Gasteiger partial charge is 0.497 e. The van der Waals surface area contributed by atoms with Gasteiger partial charge in [-0.25, -0.2) is 4.79 Å². The maximum Gasteiger partial charge on any atom is 0.327 e. The van der Waals surface area contributed by atoms with E-state index in [0.717, 1.165) is 0 Å². The number of carbonyl (C=O) groups excluding carboxylic acids is 1. The minimum Gasteiger partial charge on any atom is -0.497 e. The van der Waals surface area contributed by atoms with E-state index in [2.05, 4.69) is 0 Å². The summed E-state index contributed by atoms with van der Waals surface area (Å²) in [5, 5.41) is 9.09. The maximum absolute atomic E-state index is 12.4. The molecule has 0 aromatic heterocycles. The first-order valence-corrected chi connectivity index (χ1v) is 6.75. The average Bonchev–Trinajstić information content (AvgIpc) is 2.88. The highest BCUT2D eigenvalue weighted by Crippen LogP contribution is 2.27. The molecule has 1 heterocycles. The van der Waals surface area contributed by atoms with Gasteiger partial charge in [0.25, 0.3) is 5.91 Å². The molecule has 1 aliphatic rings. The van der Waals surface area contributed by atoms with Crippen LogP contribution in [0.2, 0.25) is 0 Å². The van der Waals surface area contributed by atoms with E-state index in [1.807, 2.05) is 0 Å². The van der Waals surface area contributed by atoms with Gasteiger partial charge in [0.15, 0.2) is 0 Å². The number of nitrogens with zero attached hydrogens (tertiary/aromatic N) is 1. The lowest BCUT2D eigenvalue weighted by Gasteiger charge is -2.21. The molecule has 1 fully saturated rings. The highest BCUT2D eigenvalue weighted by Gasteiger charge is 2.35.